The molecular formula is C54H126N6O15. The van der Waals surface area contributed by atoms with Crippen LogP contribution in [0.1, 0.15) is 126 Å². The van der Waals surface area contributed by atoms with Gasteiger partial charge >= 0.3 is 0 Å². The van der Waals surface area contributed by atoms with E-state index in [1.54, 1.807) is 14.2 Å². The molecule has 0 aromatic rings. The van der Waals surface area contributed by atoms with Gasteiger partial charge < -0.3 is 99.6 Å². The summed E-state index contributed by atoms with van der Waals surface area (Å²) in [6, 6.07) is 0. The van der Waals surface area contributed by atoms with Crippen LogP contribution in [0.25, 0.3) is 0 Å². The first kappa shape index (κ1) is 87.4. The van der Waals surface area contributed by atoms with Crippen molar-refractivity contribution in [3.8, 4) is 0 Å². The molecule has 0 aromatic heterocycles. The zero-order valence-corrected chi connectivity index (χ0v) is 51.8. The Labute approximate surface area is 460 Å². The molecular weight excluding hydrogens is 973 g/mol. The van der Waals surface area contributed by atoms with Crippen LogP contribution < -0.4 is 26.6 Å². The Kier molecular flexibility index (Phi) is 70.2. The highest BCUT2D eigenvalue weighted by Gasteiger charge is 2.22. The molecule has 0 spiro atoms. The van der Waals surface area contributed by atoms with Gasteiger partial charge in [0.05, 0.1) is 112 Å². The molecule has 0 saturated carbocycles. The third kappa shape index (κ3) is 113. The van der Waals surface area contributed by atoms with Gasteiger partial charge in [0, 0.05) is 94.7 Å². The topological polar surface area (TPSA) is 273 Å². The molecule has 0 bridgehead atoms. The summed E-state index contributed by atoms with van der Waals surface area (Å²) in [5.41, 5.74) is 1.20. The van der Waals surface area contributed by atoms with Crippen molar-refractivity contribution in [1.82, 2.24) is 31.5 Å². The number of aliphatic hydroxyl groups excluding tert-OH is 5. The summed E-state index contributed by atoms with van der Waals surface area (Å²) in [6.07, 6.45) is 1.41. The van der Waals surface area contributed by atoms with Crippen LogP contribution in [-0.4, -0.2) is 262 Å². The maximum Gasteiger partial charge on any atom is 0.145 e. The van der Waals surface area contributed by atoms with Gasteiger partial charge in [-0.05, 0) is 125 Å². The van der Waals surface area contributed by atoms with E-state index in [-0.39, 0.29) is 82.0 Å². The maximum atomic E-state index is 9.82. The summed E-state index contributed by atoms with van der Waals surface area (Å²) < 4.78 is 39.2. The number of methoxy groups -OCH3 is 2. The van der Waals surface area contributed by atoms with Crippen LogP contribution in [0, 0.1) is 0 Å². The highest BCUT2D eigenvalue weighted by atomic mass is 16.5. The van der Waals surface area contributed by atoms with E-state index in [4.69, 9.17) is 49.2 Å². The molecule has 1 rings (SSSR count). The summed E-state index contributed by atoms with van der Waals surface area (Å²) >= 11 is 0. The maximum absolute atomic E-state index is 9.82. The number of hydrogen-bond acceptors (Lipinski definition) is 21. The molecule has 10 N–H and O–H groups in total. The lowest BCUT2D eigenvalue weighted by atomic mass is 10.1. The molecule has 1 saturated heterocycles. The molecule has 0 radical (unpaired) electrons. The minimum atomic E-state index is -0.0200. The van der Waals surface area contributed by atoms with Crippen molar-refractivity contribution >= 4 is 12.6 Å². The quantitative estimate of drug-likeness (QED) is 0.0381. The number of aldehydes is 2. The zero-order valence-electron chi connectivity index (χ0n) is 51.8. The van der Waals surface area contributed by atoms with E-state index in [2.05, 4.69) is 170 Å². The SMILES string of the molecule is CC(C)(C)N1CCOCC1.CC(C)(C)NCCOCC=O.CC(C)(C)NCCOCCNC(C)(C)C.CC(C)(C)NCCOCCO.COCCNC(C)(C)C.COCCO.O=CCOCCO.OCCOCCO.[HH]. The smallest absolute Gasteiger partial charge is 0.145 e. The lowest BCUT2D eigenvalue weighted by Gasteiger charge is -2.38. The Morgan fingerprint density at radius 2 is 0.640 bits per heavy atom. The van der Waals surface area contributed by atoms with E-state index in [9.17, 15) is 9.59 Å². The van der Waals surface area contributed by atoms with Gasteiger partial charge in [0.15, 0.2) is 0 Å². The first-order valence-electron chi connectivity index (χ1n) is 26.6. The number of rotatable bonds is 29. The molecule has 1 aliphatic rings. The van der Waals surface area contributed by atoms with E-state index < -0.39 is 0 Å². The number of aliphatic hydroxyl groups is 5. The molecule has 462 valence electrons. The van der Waals surface area contributed by atoms with Crippen LogP contribution in [0.2, 0.25) is 0 Å². The van der Waals surface area contributed by atoms with Gasteiger partial charge in [-0.1, -0.05) is 0 Å². The molecule has 1 aliphatic heterocycles. The van der Waals surface area contributed by atoms with E-state index >= 15 is 0 Å². The van der Waals surface area contributed by atoms with Gasteiger partial charge in [-0.15, -0.1) is 0 Å². The second-order valence-corrected chi connectivity index (χ2v) is 22.6. The highest BCUT2D eigenvalue weighted by Crippen LogP contribution is 2.14. The molecule has 75 heavy (non-hydrogen) atoms. The van der Waals surface area contributed by atoms with Gasteiger partial charge in [-0.3, -0.25) is 4.90 Å². The van der Waals surface area contributed by atoms with Gasteiger partial charge in [0.1, 0.15) is 25.8 Å². The summed E-state index contributed by atoms with van der Waals surface area (Å²) in [4.78, 5) is 21.7. The minimum absolute atomic E-state index is 0. The summed E-state index contributed by atoms with van der Waals surface area (Å²) in [5.74, 6) is 0. The van der Waals surface area contributed by atoms with Crippen LogP contribution >= 0.6 is 0 Å². The summed E-state index contributed by atoms with van der Waals surface area (Å²) in [5, 5.41) is 57.1. The largest absolute Gasteiger partial charge is 0.394 e. The Morgan fingerprint density at radius 3 is 0.867 bits per heavy atom. The number of nitrogens with zero attached hydrogens (tertiary/aromatic N) is 1. The van der Waals surface area contributed by atoms with E-state index in [0.717, 1.165) is 85.1 Å². The number of nitrogens with one attached hydrogen (secondary N) is 5. The van der Waals surface area contributed by atoms with Crippen LogP contribution in [0.4, 0.5) is 0 Å². The average molecular weight is 1100 g/mol. The van der Waals surface area contributed by atoms with Gasteiger partial charge in [0.25, 0.3) is 0 Å². The molecule has 0 aliphatic carbocycles. The predicted octanol–water partition coefficient (Wildman–Crippen LogP) is 2.94. The zero-order chi connectivity index (χ0) is 59.6. The van der Waals surface area contributed by atoms with E-state index in [1.807, 2.05) is 0 Å². The van der Waals surface area contributed by atoms with Crippen molar-refractivity contribution in [2.75, 3.05) is 186 Å². The van der Waals surface area contributed by atoms with Crippen molar-refractivity contribution in [1.29, 1.82) is 0 Å². The van der Waals surface area contributed by atoms with Crippen LogP contribution in [0.15, 0.2) is 0 Å². The van der Waals surface area contributed by atoms with Crippen LogP contribution in [0.5, 0.6) is 0 Å². The molecule has 1 heterocycles. The first-order chi connectivity index (χ1) is 34.7. The second-order valence-electron chi connectivity index (χ2n) is 22.6. The Bertz CT molecular complexity index is 1070. The van der Waals surface area contributed by atoms with E-state index in [0.29, 0.717) is 51.5 Å². The van der Waals surface area contributed by atoms with Gasteiger partial charge in [-0.25, -0.2) is 0 Å². The molecule has 0 unspecified atom stereocenters. The first-order valence-corrected chi connectivity index (χ1v) is 26.6. The number of hydrogen-bond donors (Lipinski definition) is 10. The number of carbonyl (C=O) groups excluding carboxylic acids is 2. The summed E-state index contributed by atoms with van der Waals surface area (Å²) in [7, 11) is 3.26. The monoisotopic (exact) mass is 1100 g/mol. The van der Waals surface area contributed by atoms with E-state index in [1.165, 1.54) is 0 Å². The normalized spacial score (nSPS) is 12.9. The fraction of sp³-hybridized carbons (Fsp3) is 0.963. The van der Waals surface area contributed by atoms with Crippen molar-refractivity contribution < 1.29 is 74.4 Å². The Hall–Kier alpha value is -1.42. The fourth-order valence-electron chi connectivity index (χ4n) is 4.67. The lowest BCUT2D eigenvalue weighted by Crippen LogP contribution is -2.47. The Balaban J connectivity index is -0.000000118. The molecule has 21 nitrogen and oxygen atoms in total. The number of ether oxygens (including phenoxy) is 8. The Morgan fingerprint density at radius 1 is 0.400 bits per heavy atom. The van der Waals surface area contributed by atoms with Gasteiger partial charge in [0.2, 0.25) is 0 Å². The standard InChI is InChI=1S/C12H28N2O.C8H19NO2.C8H17NO2.C8H17NO.C7H17NO.C4H10O3.C4H8O3.C3H8O2.H2/c1-11(2,3)13-7-9-15-10-8-14-12(4,5)6;2*1-8(2,3)9-4-6-11-7-5-10;1-8(2,3)9-4-6-10-7-5-9;1-7(2,3)8-5-6-9-4;2*5-1-3-7-4-2-6;1-5-3-2-4;/h13-14H,7-10H2,1-6H3;9-10H,4-7H2,1-3H3;5,9H,4,6-7H2,1-3H3;4-7H2,1-3H3;8H,5-6H2,1-4H3;5-6H,1-4H2;1,6H,2-4H2;4H,2-3H2,1H3;1H. The fourth-order valence-corrected chi connectivity index (χ4v) is 4.67. The highest BCUT2D eigenvalue weighted by molar-refractivity contribution is 5.50. The third-order valence-electron chi connectivity index (χ3n) is 8.14. The van der Waals surface area contributed by atoms with Crippen molar-refractivity contribution in [3.63, 3.8) is 0 Å². The summed E-state index contributed by atoms with van der Waals surface area (Å²) in [6.45, 7) is 53.0. The third-order valence-corrected chi connectivity index (χ3v) is 8.14. The minimum Gasteiger partial charge on any atom is -0.394 e. The molecule has 0 aromatic carbocycles. The van der Waals surface area contributed by atoms with Crippen molar-refractivity contribution in [2.24, 2.45) is 0 Å². The number of carbonyl (C=O) groups is 2. The van der Waals surface area contributed by atoms with Gasteiger partial charge in [-0.2, -0.15) is 0 Å². The van der Waals surface area contributed by atoms with Crippen LogP contribution in [0.3, 0.4) is 0 Å². The molecule has 0 atom stereocenters. The lowest BCUT2D eigenvalue weighted by molar-refractivity contribution is -0.112. The van der Waals surface area contributed by atoms with Crippen molar-refractivity contribution in [2.45, 2.75) is 158 Å². The molecule has 21 heteroatoms. The van der Waals surface area contributed by atoms with Crippen molar-refractivity contribution in [3.05, 3.63) is 0 Å². The average Bonchev–Trinajstić information content (AvgIpc) is 3.29. The second kappa shape index (κ2) is 60.2. The predicted molar refractivity (Wildman–Crippen MR) is 308 cm³/mol. The number of morpholine rings is 1. The van der Waals surface area contributed by atoms with Crippen LogP contribution in [-0.2, 0) is 47.5 Å². The molecule has 0 amide bonds. The molecule has 1 fully saturated rings.